The fourth-order valence-electron chi connectivity index (χ4n) is 2.51. The van der Waals surface area contributed by atoms with E-state index in [4.69, 9.17) is 4.42 Å². The lowest BCUT2D eigenvalue weighted by Gasteiger charge is -2.15. The second-order valence-electron chi connectivity index (χ2n) is 4.90. The summed E-state index contributed by atoms with van der Waals surface area (Å²) in [4.78, 5) is 24.4. The second kappa shape index (κ2) is 5.05. The number of non-ortho nitro benzene ring substituents is 1. The summed E-state index contributed by atoms with van der Waals surface area (Å²) in [5.41, 5.74) is 1.53. The number of carbonyl (C=O) groups excluding carboxylic acids is 1. The molecule has 0 atom stereocenters. The van der Waals surface area contributed by atoms with Crippen molar-refractivity contribution in [2.75, 3.05) is 11.4 Å². The summed E-state index contributed by atoms with van der Waals surface area (Å²) in [7, 11) is 0. The molecule has 1 aliphatic rings. The Morgan fingerprint density at radius 1 is 1.38 bits per heavy atom. The number of nitrogens with zero attached hydrogens (tertiary/aromatic N) is 2. The Morgan fingerprint density at radius 2 is 2.19 bits per heavy atom. The lowest BCUT2D eigenvalue weighted by atomic mass is 10.1. The molecule has 1 aromatic carbocycles. The number of benzene rings is 1. The molecule has 6 heteroatoms. The quantitative estimate of drug-likeness (QED) is 0.642. The van der Waals surface area contributed by atoms with Gasteiger partial charge in [-0.25, -0.2) is 0 Å². The lowest BCUT2D eigenvalue weighted by Crippen LogP contribution is -2.28. The van der Waals surface area contributed by atoms with Crippen molar-refractivity contribution in [3.05, 3.63) is 57.5 Å². The Morgan fingerprint density at radius 3 is 2.86 bits per heavy atom. The summed E-state index contributed by atoms with van der Waals surface area (Å²) in [6, 6.07) is 8.05. The number of amides is 1. The van der Waals surface area contributed by atoms with E-state index in [-0.39, 0.29) is 17.4 Å². The van der Waals surface area contributed by atoms with Gasteiger partial charge in [-0.15, -0.1) is 0 Å². The summed E-state index contributed by atoms with van der Waals surface area (Å²) in [5, 5.41) is 10.9. The fourth-order valence-corrected chi connectivity index (χ4v) is 2.51. The molecule has 108 valence electrons. The van der Waals surface area contributed by atoms with E-state index in [1.165, 1.54) is 12.1 Å². The third-order valence-electron chi connectivity index (χ3n) is 3.64. The number of anilines is 1. The van der Waals surface area contributed by atoms with Crippen LogP contribution in [0.2, 0.25) is 0 Å². The number of rotatable bonds is 3. The Bertz CT molecular complexity index is 720. The number of nitro benzene ring substituents is 1. The predicted molar refractivity (Wildman–Crippen MR) is 76.6 cm³/mol. The third kappa shape index (κ3) is 2.29. The Kier molecular flexibility index (Phi) is 3.21. The van der Waals surface area contributed by atoms with E-state index < -0.39 is 4.92 Å². The minimum absolute atomic E-state index is 0.0119. The molecule has 0 fully saturated rings. The van der Waals surface area contributed by atoms with Crippen LogP contribution in [0.15, 0.2) is 34.7 Å². The molecule has 1 aliphatic heterocycles. The van der Waals surface area contributed by atoms with Crippen LogP contribution in [0.3, 0.4) is 0 Å². The molecule has 1 amide bonds. The van der Waals surface area contributed by atoms with Crippen molar-refractivity contribution in [1.82, 2.24) is 0 Å². The highest BCUT2D eigenvalue weighted by molar-refractivity contribution is 6.05. The molecule has 21 heavy (non-hydrogen) atoms. The maximum atomic E-state index is 12.5. The summed E-state index contributed by atoms with van der Waals surface area (Å²) >= 11 is 0. The number of nitro groups is 1. The number of aryl methyl sites for hydroxylation is 1. The highest BCUT2D eigenvalue weighted by Crippen LogP contribution is 2.32. The van der Waals surface area contributed by atoms with Gasteiger partial charge >= 0.3 is 0 Å². The largest absolute Gasteiger partial charge is 0.456 e. The zero-order valence-electron chi connectivity index (χ0n) is 11.5. The van der Waals surface area contributed by atoms with Crippen LogP contribution in [0.5, 0.6) is 0 Å². The number of hydrogen-bond acceptors (Lipinski definition) is 4. The molecule has 0 aliphatic carbocycles. The molecule has 2 aromatic rings. The van der Waals surface area contributed by atoms with Crippen molar-refractivity contribution in [1.29, 1.82) is 0 Å². The average molecular weight is 286 g/mol. The van der Waals surface area contributed by atoms with Gasteiger partial charge in [0, 0.05) is 25.1 Å². The molecule has 0 unspecified atom stereocenters. The molecular weight excluding hydrogens is 272 g/mol. The predicted octanol–water partition coefficient (Wildman–Crippen LogP) is 2.95. The Hall–Kier alpha value is -2.63. The van der Waals surface area contributed by atoms with E-state index in [0.717, 1.165) is 17.7 Å². The fraction of sp³-hybridized carbons (Fsp3) is 0.267. The maximum Gasteiger partial charge on any atom is 0.293 e. The van der Waals surface area contributed by atoms with Crippen LogP contribution < -0.4 is 4.90 Å². The molecule has 0 bridgehead atoms. The minimum atomic E-state index is -0.455. The van der Waals surface area contributed by atoms with Crippen LogP contribution in [-0.2, 0) is 12.8 Å². The first-order valence-electron chi connectivity index (χ1n) is 6.78. The first-order chi connectivity index (χ1) is 10.1. The zero-order valence-corrected chi connectivity index (χ0v) is 11.5. The minimum Gasteiger partial charge on any atom is -0.456 e. The van der Waals surface area contributed by atoms with Gasteiger partial charge < -0.3 is 9.32 Å². The number of carbonyl (C=O) groups is 1. The highest BCUT2D eigenvalue weighted by atomic mass is 16.6. The molecule has 1 aromatic heterocycles. The van der Waals surface area contributed by atoms with Crippen LogP contribution in [0.1, 0.15) is 28.8 Å². The van der Waals surface area contributed by atoms with Crippen LogP contribution in [-0.4, -0.2) is 17.4 Å². The van der Waals surface area contributed by atoms with Gasteiger partial charge in [0.15, 0.2) is 5.76 Å². The van der Waals surface area contributed by atoms with Gasteiger partial charge in [0.05, 0.1) is 10.6 Å². The van der Waals surface area contributed by atoms with Crippen LogP contribution in [0.25, 0.3) is 0 Å². The summed E-state index contributed by atoms with van der Waals surface area (Å²) in [6.45, 7) is 2.46. The molecule has 0 spiro atoms. The van der Waals surface area contributed by atoms with Gasteiger partial charge in [-0.05, 0) is 24.1 Å². The van der Waals surface area contributed by atoms with Crippen molar-refractivity contribution < 1.29 is 14.1 Å². The smallest absolute Gasteiger partial charge is 0.293 e. The standard InChI is InChI=1S/C15H14N2O4/c1-2-12-5-6-14(21-12)15(18)16-8-7-10-3-4-11(17(19)20)9-13(10)16/h3-6,9H,2,7-8H2,1H3. The second-order valence-corrected chi connectivity index (χ2v) is 4.90. The van der Waals surface area contributed by atoms with Gasteiger partial charge in [0.1, 0.15) is 5.76 Å². The zero-order chi connectivity index (χ0) is 15.0. The molecule has 0 N–H and O–H groups in total. The van der Waals surface area contributed by atoms with Crippen LogP contribution in [0.4, 0.5) is 11.4 Å². The monoisotopic (exact) mass is 286 g/mol. The number of hydrogen-bond donors (Lipinski definition) is 0. The van der Waals surface area contributed by atoms with Gasteiger partial charge in [0.2, 0.25) is 0 Å². The van der Waals surface area contributed by atoms with Crippen LogP contribution in [0, 0.1) is 10.1 Å². The van der Waals surface area contributed by atoms with Crippen molar-refractivity contribution in [3.8, 4) is 0 Å². The molecular formula is C15H14N2O4. The van der Waals surface area contributed by atoms with Crippen molar-refractivity contribution in [2.45, 2.75) is 19.8 Å². The first-order valence-corrected chi connectivity index (χ1v) is 6.78. The SMILES string of the molecule is CCc1ccc(C(=O)N2CCc3ccc([N+](=O)[O-])cc32)o1. The Labute approximate surface area is 121 Å². The van der Waals surface area contributed by atoms with E-state index >= 15 is 0 Å². The van der Waals surface area contributed by atoms with Crippen molar-refractivity contribution in [3.63, 3.8) is 0 Å². The molecule has 0 saturated heterocycles. The highest BCUT2D eigenvalue weighted by Gasteiger charge is 2.29. The lowest BCUT2D eigenvalue weighted by molar-refractivity contribution is -0.384. The first kappa shape index (κ1) is 13.4. The summed E-state index contributed by atoms with van der Waals surface area (Å²) < 4.78 is 5.47. The summed E-state index contributed by atoms with van der Waals surface area (Å²) in [5.74, 6) is 0.761. The molecule has 0 radical (unpaired) electrons. The number of fused-ring (bicyclic) bond motifs is 1. The molecule has 2 heterocycles. The van der Waals surface area contributed by atoms with Gasteiger partial charge in [-0.2, -0.15) is 0 Å². The van der Waals surface area contributed by atoms with E-state index in [9.17, 15) is 14.9 Å². The van der Waals surface area contributed by atoms with Gasteiger partial charge in [0.25, 0.3) is 11.6 Å². The normalized spacial score (nSPS) is 13.3. The van der Waals surface area contributed by atoms with Gasteiger partial charge in [-0.3, -0.25) is 14.9 Å². The third-order valence-corrected chi connectivity index (χ3v) is 3.64. The summed E-state index contributed by atoms with van der Waals surface area (Å²) in [6.07, 6.45) is 1.41. The van der Waals surface area contributed by atoms with E-state index in [1.54, 1.807) is 23.1 Å². The Balaban J connectivity index is 1.94. The maximum absolute atomic E-state index is 12.5. The van der Waals surface area contributed by atoms with E-state index in [1.807, 2.05) is 6.92 Å². The molecule has 0 saturated carbocycles. The van der Waals surface area contributed by atoms with Crippen molar-refractivity contribution >= 4 is 17.3 Å². The van der Waals surface area contributed by atoms with E-state index in [0.29, 0.717) is 18.7 Å². The van der Waals surface area contributed by atoms with Crippen LogP contribution >= 0.6 is 0 Å². The molecule has 3 rings (SSSR count). The van der Waals surface area contributed by atoms with Gasteiger partial charge in [-0.1, -0.05) is 13.0 Å². The number of furan rings is 1. The molecule has 6 nitrogen and oxygen atoms in total. The van der Waals surface area contributed by atoms with Crippen molar-refractivity contribution in [2.24, 2.45) is 0 Å². The average Bonchev–Trinajstić information content (AvgIpc) is 3.12. The topological polar surface area (TPSA) is 76.6 Å². The van der Waals surface area contributed by atoms with E-state index in [2.05, 4.69) is 0 Å².